The second kappa shape index (κ2) is 4.77. The van der Waals surface area contributed by atoms with Crippen LogP contribution in [-0.4, -0.2) is 20.1 Å². The normalized spacial score (nSPS) is 10.0. The predicted molar refractivity (Wildman–Crippen MR) is 16.7 cm³/mol. The molecule has 0 amide bonds. The topological polar surface area (TPSA) is 66.4 Å². The van der Waals surface area contributed by atoms with Crippen molar-refractivity contribution in [3.8, 4) is 0 Å². The number of rotatable bonds is 1. The molecule has 0 unspecified atom stereocenters. The van der Waals surface area contributed by atoms with Crippen LogP contribution in [0.15, 0.2) is 0 Å². The summed E-state index contributed by atoms with van der Waals surface area (Å²) in [6.45, 7) is 0. The molecule has 0 aromatic carbocycles. The maximum absolute atomic E-state index is 9.22. The second-order valence-corrected chi connectivity index (χ2v) is 1.72. The molecule has 0 saturated carbocycles. The van der Waals surface area contributed by atoms with E-state index in [1.807, 2.05) is 0 Å². The molecule has 0 bridgehead atoms. The Balaban J connectivity index is 0. The van der Waals surface area contributed by atoms with E-state index in [9.17, 15) is 13.0 Å². The fourth-order valence-corrected chi connectivity index (χ4v) is 0. The monoisotopic (exact) mass is 244 g/mol. The average molecular weight is 244 g/mol. The van der Waals surface area contributed by atoms with Crippen LogP contribution >= 0.6 is 0 Å². The maximum Gasteiger partial charge on any atom is 1.00 e. The summed E-state index contributed by atoms with van der Waals surface area (Å²) in [5.41, 5.74) is 0. The number of hydrogen-bond acceptors (Lipinski definition) is 4. The van der Waals surface area contributed by atoms with Crippen LogP contribution in [0.25, 0.3) is 0 Å². The van der Waals surface area contributed by atoms with E-state index in [4.69, 9.17) is 0 Å². The quantitative estimate of drug-likeness (QED) is 0.349. The summed E-state index contributed by atoms with van der Waals surface area (Å²) in [6.07, 6.45) is 0. The first-order valence-corrected chi connectivity index (χ1v) is 2.41. The summed E-state index contributed by atoms with van der Waals surface area (Å²) in [5.74, 6) is 0. The van der Waals surface area contributed by atoms with Crippen molar-refractivity contribution in [2.45, 2.75) is 0 Å². The Morgan fingerprint density at radius 2 is 1.71 bits per heavy atom. The molecular weight excluding hydrogens is 241 g/mol. The SMILES string of the molecule is COS(=O)(=O)[O-].[Cs+]. The summed E-state index contributed by atoms with van der Waals surface area (Å²) in [7, 11) is -3.60. The second-order valence-electron chi connectivity index (χ2n) is 0.575. The zero-order chi connectivity index (χ0) is 5.21. The van der Waals surface area contributed by atoms with Crippen LogP contribution in [0, 0.1) is 0 Å². The van der Waals surface area contributed by atoms with Gasteiger partial charge in [0.05, 0.1) is 7.11 Å². The van der Waals surface area contributed by atoms with E-state index < -0.39 is 10.4 Å². The van der Waals surface area contributed by atoms with Gasteiger partial charge < -0.3 is 4.55 Å². The van der Waals surface area contributed by atoms with E-state index in [1.165, 1.54) is 0 Å². The molecule has 0 atom stereocenters. The molecule has 0 rings (SSSR count). The van der Waals surface area contributed by atoms with Gasteiger partial charge in [-0.25, -0.2) is 8.42 Å². The van der Waals surface area contributed by atoms with E-state index in [2.05, 4.69) is 4.18 Å². The van der Waals surface area contributed by atoms with E-state index in [-0.39, 0.29) is 68.9 Å². The van der Waals surface area contributed by atoms with Crippen molar-refractivity contribution in [2.75, 3.05) is 7.11 Å². The fourth-order valence-electron chi connectivity index (χ4n) is 0. The van der Waals surface area contributed by atoms with Crippen molar-refractivity contribution in [1.29, 1.82) is 0 Å². The smallest absolute Gasteiger partial charge is 0.726 e. The van der Waals surface area contributed by atoms with Crippen LogP contribution < -0.4 is 68.9 Å². The van der Waals surface area contributed by atoms with Gasteiger partial charge in [0.25, 0.3) is 0 Å². The van der Waals surface area contributed by atoms with Gasteiger partial charge in [-0.05, 0) is 0 Å². The molecule has 7 heavy (non-hydrogen) atoms. The molecule has 0 aromatic heterocycles. The summed E-state index contributed by atoms with van der Waals surface area (Å²) < 4.78 is 31.0. The third-order valence-corrected chi connectivity index (χ3v) is 0.612. The van der Waals surface area contributed by atoms with Gasteiger partial charge >= 0.3 is 68.9 Å². The molecule has 0 aliphatic heterocycles. The molecule has 38 valence electrons. The molecule has 0 aliphatic rings. The van der Waals surface area contributed by atoms with Crippen LogP contribution in [0.3, 0.4) is 0 Å². The molecule has 0 fully saturated rings. The van der Waals surface area contributed by atoms with Crippen molar-refractivity contribution >= 4 is 10.4 Å². The van der Waals surface area contributed by atoms with Crippen LogP contribution in [0.2, 0.25) is 0 Å². The standard InChI is InChI=1S/CH4O4S.Cs/c1-5-6(2,3)4;/h1H3,(H,2,3,4);/q;+1/p-1. The van der Waals surface area contributed by atoms with Crippen LogP contribution in [0.1, 0.15) is 0 Å². The molecule has 0 radical (unpaired) electrons. The first-order chi connectivity index (χ1) is 2.56. The van der Waals surface area contributed by atoms with E-state index in [0.29, 0.717) is 0 Å². The molecule has 4 nitrogen and oxygen atoms in total. The van der Waals surface area contributed by atoms with Crippen molar-refractivity contribution in [3.63, 3.8) is 0 Å². The van der Waals surface area contributed by atoms with Gasteiger partial charge in [0.15, 0.2) is 0 Å². The maximum atomic E-state index is 9.22. The van der Waals surface area contributed by atoms with Gasteiger partial charge in [-0.2, -0.15) is 0 Å². The van der Waals surface area contributed by atoms with Gasteiger partial charge in [0, 0.05) is 0 Å². The molecule has 6 heteroatoms. The van der Waals surface area contributed by atoms with Gasteiger partial charge in [-0.15, -0.1) is 0 Å². The average Bonchev–Trinajstić information content (AvgIpc) is 1.35. The van der Waals surface area contributed by atoms with Gasteiger partial charge in [0.2, 0.25) is 10.4 Å². The molecule has 0 heterocycles. The van der Waals surface area contributed by atoms with Crippen molar-refractivity contribution < 1.29 is 86.0 Å². The van der Waals surface area contributed by atoms with Crippen LogP contribution in [0.5, 0.6) is 0 Å². The molecule has 0 N–H and O–H groups in total. The van der Waals surface area contributed by atoms with Crippen LogP contribution in [-0.2, 0) is 14.6 Å². The minimum atomic E-state index is -4.41. The molecule has 0 spiro atoms. The van der Waals surface area contributed by atoms with Crippen molar-refractivity contribution in [2.24, 2.45) is 0 Å². The van der Waals surface area contributed by atoms with E-state index >= 15 is 0 Å². The van der Waals surface area contributed by atoms with Crippen LogP contribution in [0.4, 0.5) is 0 Å². The van der Waals surface area contributed by atoms with Gasteiger partial charge in [0.1, 0.15) is 0 Å². The Labute approximate surface area is 101 Å². The van der Waals surface area contributed by atoms with E-state index in [1.54, 1.807) is 0 Å². The first kappa shape index (κ1) is 11.7. The van der Waals surface area contributed by atoms with Crippen molar-refractivity contribution in [3.05, 3.63) is 0 Å². The molecule has 0 aliphatic carbocycles. The number of hydrogen-bond donors (Lipinski definition) is 0. The third kappa shape index (κ3) is 11.5. The molecule has 0 aromatic rings. The summed E-state index contributed by atoms with van der Waals surface area (Å²) in [4.78, 5) is 0. The minimum absolute atomic E-state index is 0. The Morgan fingerprint density at radius 1 is 1.57 bits per heavy atom. The summed E-state index contributed by atoms with van der Waals surface area (Å²) >= 11 is 0. The fraction of sp³-hybridized carbons (Fsp3) is 1.00. The van der Waals surface area contributed by atoms with E-state index in [0.717, 1.165) is 7.11 Å². The Bertz CT molecular complexity index is 114. The zero-order valence-corrected chi connectivity index (χ0v) is 11.1. The third-order valence-electron chi connectivity index (χ3n) is 0.204. The zero-order valence-electron chi connectivity index (χ0n) is 4.04. The summed E-state index contributed by atoms with van der Waals surface area (Å²) in [5, 5.41) is 0. The molecule has 0 saturated heterocycles. The van der Waals surface area contributed by atoms with Crippen molar-refractivity contribution in [1.82, 2.24) is 0 Å². The Kier molecular flexibility index (Phi) is 7.96. The minimum Gasteiger partial charge on any atom is -0.726 e. The molecular formula is CH3CsO4S. The summed E-state index contributed by atoms with van der Waals surface area (Å²) in [6, 6.07) is 0. The predicted octanol–water partition coefficient (Wildman–Crippen LogP) is -3.90. The largest absolute Gasteiger partial charge is 1.00 e. The van der Waals surface area contributed by atoms with Gasteiger partial charge in [-0.1, -0.05) is 0 Å². The Hall–Kier alpha value is 1.92. The first-order valence-electron chi connectivity index (χ1n) is 1.07. The van der Waals surface area contributed by atoms with Gasteiger partial charge in [-0.3, -0.25) is 4.18 Å². The Morgan fingerprint density at radius 3 is 1.71 bits per heavy atom.